The highest BCUT2D eigenvalue weighted by atomic mass is 35.5. The average Bonchev–Trinajstić information content (AvgIpc) is 3.14. The van der Waals surface area contributed by atoms with Crippen LogP contribution in [0, 0.1) is 0 Å². The van der Waals surface area contributed by atoms with Gasteiger partial charge in [0.2, 0.25) is 5.91 Å². The predicted octanol–water partition coefficient (Wildman–Crippen LogP) is 4.95. The van der Waals surface area contributed by atoms with Gasteiger partial charge in [-0.2, -0.15) is 5.10 Å². The number of hydrogen-bond donors (Lipinski definition) is 2. The lowest BCUT2D eigenvalue weighted by Gasteiger charge is -2.29. The molecule has 0 saturated heterocycles. The van der Waals surface area contributed by atoms with E-state index in [1.165, 1.54) is 0 Å². The molecule has 1 saturated carbocycles. The van der Waals surface area contributed by atoms with Gasteiger partial charge in [0.1, 0.15) is 5.69 Å². The molecular formula is C22H23ClN4O. The van der Waals surface area contributed by atoms with Crippen LogP contribution in [0.25, 0.3) is 22.4 Å². The molecule has 3 aromatic rings. The molecular weight excluding hydrogens is 372 g/mol. The zero-order valence-corrected chi connectivity index (χ0v) is 16.5. The third-order valence-corrected chi connectivity index (χ3v) is 5.68. The SMILES string of the molecule is CC(=O)N[C@H]1CC[C@@H](c2[nH]nc(-c3ccc(Cl)cc3)c2-c2ccncc2)CC1. The third-order valence-electron chi connectivity index (χ3n) is 5.42. The smallest absolute Gasteiger partial charge is 0.217 e. The van der Waals surface area contributed by atoms with Crippen molar-refractivity contribution in [2.75, 3.05) is 0 Å². The Labute approximate surface area is 169 Å². The molecule has 0 bridgehead atoms. The highest BCUT2D eigenvalue weighted by molar-refractivity contribution is 6.30. The van der Waals surface area contributed by atoms with Crippen molar-refractivity contribution >= 4 is 17.5 Å². The Bertz CT molecular complexity index is 944. The van der Waals surface area contributed by atoms with Gasteiger partial charge in [0, 0.05) is 53.1 Å². The van der Waals surface area contributed by atoms with Crippen molar-refractivity contribution in [1.82, 2.24) is 20.5 Å². The van der Waals surface area contributed by atoms with Gasteiger partial charge in [0.05, 0.1) is 0 Å². The lowest BCUT2D eigenvalue weighted by Crippen LogP contribution is -2.35. The summed E-state index contributed by atoms with van der Waals surface area (Å²) < 4.78 is 0. The molecule has 0 atom stereocenters. The number of benzene rings is 1. The maximum atomic E-state index is 11.3. The van der Waals surface area contributed by atoms with Crippen LogP contribution in [0.1, 0.15) is 44.2 Å². The molecule has 1 fully saturated rings. The van der Waals surface area contributed by atoms with E-state index in [9.17, 15) is 4.79 Å². The van der Waals surface area contributed by atoms with Crippen LogP contribution >= 0.6 is 11.6 Å². The molecule has 0 aliphatic heterocycles. The van der Waals surface area contributed by atoms with Gasteiger partial charge in [-0.05, 0) is 55.5 Å². The minimum absolute atomic E-state index is 0.0486. The second kappa shape index (κ2) is 8.15. The Morgan fingerprint density at radius 1 is 1.04 bits per heavy atom. The number of nitrogens with zero attached hydrogens (tertiary/aromatic N) is 2. The number of amides is 1. The van der Waals surface area contributed by atoms with E-state index in [4.69, 9.17) is 11.6 Å². The van der Waals surface area contributed by atoms with Crippen molar-refractivity contribution in [2.24, 2.45) is 0 Å². The van der Waals surface area contributed by atoms with Crippen LogP contribution in [0.5, 0.6) is 0 Å². The molecule has 0 radical (unpaired) electrons. The molecule has 2 N–H and O–H groups in total. The number of halogens is 1. The van der Waals surface area contributed by atoms with Crippen molar-refractivity contribution in [3.8, 4) is 22.4 Å². The van der Waals surface area contributed by atoms with Crippen LogP contribution < -0.4 is 5.32 Å². The molecule has 4 rings (SSSR count). The zero-order chi connectivity index (χ0) is 19.5. The number of carbonyl (C=O) groups is 1. The molecule has 6 heteroatoms. The Morgan fingerprint density at radius 2 is 1.71 bits per heavy atom. The number of nitrogens with one attached hydrogen (secondary N) is 2. The predicted molar refractivity (Wildman–Crippen MR) is 111 cm³/mol. The molecule has 5 nitrogen and oxygen atoms in total. The molecule has 0 spiro atoms. The number of carbonyl (C=O) groups excluding carboxylic acids is 1. The molecule has 1 aliphatic rings. The van der Waals surface area contributed by atoms with E-state index in [2.05, 4.69) is 20.5 Å². The molecule has 0 unspecified atom stereocenters. The fourth-order valence-corrected chi connectivity index (χ4v) is 4.22. The fraction of sp³-hybridized carbons (Fsp3) is 0.318. The summed E-state index contributed by atoms with van der Waals surface area (Å²) in [6.45, 7) is 1.58. The Morgan fingerprint density at radius 3 is 2.36 bits per heavy atom. The summed E-state index contributed by atoms with van der Waals surface area (Å²) in [7, 11) is 0. The molecule has 28 heavy (non-hydrogen) atoms. The van der Waals surface area contributed by atoms with Crippen LogP contribution in [0.3, 0.4) is 0 Å². The van der Waals surface area contributed by atoms with E-state index in [0.717, 1.165) is 53.8 Å². The van der Waals surface area contributed by atoms with Gasteiger partial charge in [-0.3, -0.25) is 14.9 Å². The summed E-state index contributed by atoms with van der Waals surface area (Å²) in [5.41, 5.74) is 5.37. The number of rotatable bonds is 4. The van der Waals surface area contributed by atoms with E-state index >= 15 is 0 Å². The molecule has 2 heterocycles. The van der Waals surface area contributed by atoms with E-state index in [0.29, 0.717) is 10.9 Å². The zero-order valence-electron chi connectivity index (χ0n) is 15.8. The van der Waals surface area contributed by atoms with Crippen molar-refractivity contribution in [1.29, 1.82) is 0 Å². The van der Waals surface area contributed by atoms with Crippen LogP contribution in [0.4, 0.5) is 0 Å². The second-order valence-electron chi connectivity index (χ2n) is 7.35. The minimum atomic E-state index is 0.0486. The third kappa shape index (κ3) is 3.94. The maximum Gasteiger partial charge on any atom is 0.217 e. The molecule has 144 valence electrons. The van der Waals surface area contributed by atoms with Crippen LogP contribution in [-0.2, 0) is 4.79 Å². The average molecular weight is 395 g/mol. The first kappa shape index (κ1) is 18.7. The topological polar surface area (TPSA) is 70.7 Å². The first-order chi connectivity index (χ1) is 13.6. The Balaban J connectivity index is 1.68. The standard InChI is InChI=1S/C22H23ClN4O/c1-14(28)25-19-8-4-17(5-9-19)22-20(15-10-12-24-13-11-15)21(26-27-22)16-2-6-18(23)7-3-16/h2-3,6-7,10-13,17,19H,4-5,8-9H2,1H3,(H,25,28)(H,26,27)/t17-,19+. The first-order valence-corrected chi connectivity index (χ1v) is 10.0. The van der Waals surface area contributed by atoms with Gasteiger partial charge < -0.3 is 5.32 Å². The number of aromatic nitrogens is 3. The van der Waals surface area contributed by atoms with Crippen LogP contribution in [-0.4, -0.2) is 27.1 Å². The van der Waals surface area contributed by atoms with Gasteiger partial charge in [-0.15, -0.1) is 0 Å². The minimum Gasteiger partial charge on any atom is -0.354 e. The van der Waals surface area contributed by atoms with Crippen molar-refractivity contribution < 1.29 is 4.79 Å². The van der Waals surface area contributed by atoms with Crippen molar-refractivity contribution in [3.63, 3.8) is 0 Å². The lowest BCUT2D eigenvalue weighted by atomic mass is 9.81. The van der Waals surface area contributed by atoms with Gasteiger partial charge >= 0.3 is 0 Å². The molecule has 1 aromatic carbocycles. The van der Waals surface area contributed by atoms with Gasteiger partial charge in [-0.25, -0.2) is 0 Å². The van der Waals surface area contributed by atoms with Crippen molar-refractivity contribution in [2.45, 2.75) is 44.6 Å². The van der Waals surface area contributed by atoms with E-state index in [-0.39, 0.29) is 11.9 Å². The van der Waals surface area contributed by atoms with E-state index in [1.807, 2.05) is 48.8 Å². The molecule has 1 amide bonds. The van der Waals surface area contributed by atoms with E-state index in [1.54, 1.807) is 6.92 Å². The summed E-state index contributed by atoms with van der Waals surface area (Å²) in [5.74, 6) is 0.439. The first-order valence-electron chi connectivity index (χ1n) is 9.63. The normalized spacial score (nSPS) is 19.4. The molecule has 2 aromatic heterocycles. The van der Waals surface area contributed by atoms with Gasteiger partial charge in [0.25, 0.3) is 0 Å². The Kier molecular flexibility index (Phi) is 5.44. The largest absolute Gasteiger partial charge is 0.354 e. The van der Waals surface area contributed by atoms with Crippen LogP contribution in [0.15, 0.2) is 48.8 Å². The second-order valence-corrected chi connectivity index (χ2v) is 7.79. The summed E-state index contributed by atoms with van der Waals surface area (Å²) in [5, 5.41) is 11.8. The highest BCUT2D eigenvalue weighted by Gasteiger charge is 2.28. The number of hydrogen-bond acceptors (Lipinski definition) is 3. The summed E-state index contributed by atoms with van der Waals surface area (Å²) >= 11 is 6.07. The summed E-state index contributed by atoms with van der Waals surface area (Å²) in [4.78, 5) is 15.5. The lowest BCUT2D eigenvalue weighted by molar-refractivity contribution is -0.119. The highest BCUT2D eigenvalue weighted by Crippen LogP contribution is 2.41. The summed E-state index contributed by atoms with van der Waals surface area (Å²) in [6.07, 6.45) is 7.62. The number of aromatic amines is 1. The number of pyridine rings is 1. The quantitative estimate of drug-likeness (QED) is 0.657. The van der Waals surface area contributed by atoms with Crippen molar-refractivity contribution in [3.05, 3.63) is 59.5 Å². The summed E-state index contributed by atoms with van der Waals surface area (Å²) in [6, 6.07) is 12.1. The Hall–Kier alpha value is -2.66. The monoisotopic (exact) mass is 394 g/mol. The number of H-pyrrole nitrogens is 1. The van der Waals surface area contributed by atoms with E-state index < -0.39 is 0 Å². The fourth-order valence-electron chi connectivity index (χ4n) is 4.09. The van der Waals surface area contributed by atoms with Crippen LogP contribution in [0.2, 0.25) is 5.02 Å². The molecule has 1 aliphatic carbocycles. The van der Waals surface area contributed by atoms with Gasteiger partial charge in [-0.1, -0.05) is 23.7 Å². The van der Waals surface area contributed by atoms with Gasteiger partial charge in [0.15, 0.2) is 0 Å². The maximum absolute atomic E-state index is 11.3.